The van der Waals surface area contributed by atoms with Crippen LogP contribution in [0.3, 0.4) is 0 Å². The van der Waals surface area contributed by atoms with E-state index in [0.717, 1.165) is 57.3 Å². The van der Waals surface area contributed by atoms with Gasteiger partial charge in [-0.15, -0.1) is 0 Å². The van der Waals surface area contributed by atoms with E-state index < -0.39 is 11.9 Å². The topological polar surface area (TPSA) is 72.9 Å². The maximum absolute atomic E-state index is 11.4. The molecule has 0 spiro atoms. The van der Waals surface area contributed by atoms with Crippen LogP contribution in [0.15, 0.2) is 12.2 Å². The molecule has 1 aliphatic heterocycles. The average molecular weight is 297 g/mol. The fraction of sp³-hybridized carbons (Fsp3) is 0.667. The van der Waals surface area contributed by atoms with E-state index in [9.17, 15) is 14.4 Å². The molecule has 0 radical (unpaired) electrons. The summed E-state index contributed by atoms with van der Waals surface area (Å²) in [7, 11) is 1.24. The SMILES string of the molecule is COC(=O)C=CC(=O)OCCCCCCN1CCCC1=O. The lowest BCUT2D eigenvalue weighted by Gasteiger charge is -2.14. The zero-order chi connectivity index (χ0) is 15.5. The Labute approximate surface area is 125 Å². The monoisotopic (exact) mass is 297 g/mol. The summed E-state index contributed by atoms with van der Waals surface area (Å²) in [6, 6.07) is 0. The second-order valence-electron chi connectivity index (χ2n) is 4.92. The highest BCUT2D eigenvalue weighted by Crippen LogP contribution is 2.11. The van der Waals surface area contributed by atoms with Gasteiger partial charge in [0.05, 0.1) is 13.7 Å². The lowest BCUT2D eigenvalue weighted by molar-refractivity contribution is -0.139. The number of hydrogen-bond acceptors (Lipinski definition) is 5. The molecule has 0 N–H and O–H groups in total. The molecule has 6 heteroatoms. The van der Waals surface area contributed by atoms with Gasteiger partial charge in [-0.2, -0.15) is 0 Å². The summed E-state index contributed by atoms with van der Waals surface area (Å²) >= 11 is 0. The predicted octanol–water partition coefficient (Wildman–Crippen LogP) is 1.44. The van der Waals surface area contributed by atoms with Crippen molar-refractivity contribution in [2.75, 3.05) is 26.8 Å². The molecule has 1 fully saturated rings. The van der Waals surface area contributed by atoms with E-state index in [1.807, 2.05) is 4.90 Å². The molecule has 0 unspecified atom stereocenters. The van der Waals surface area contributed by atoms with Crippen LogP contribution in [-0.2, 0) is 23.9 Å². The Balaban J connectivity index is 1.94. The minimum Gasteiger partial charge on any atom is -0.466 e. The summed E-state index contributed by atoms with van der Waals surface area (Å²) in [5.74, 6) is -0.854. The van der Waals surface area contributed by atoms with Crippen molar-refractivity contribution in [3.63, 3.8) is 0 Å². The first kappa shape index (κ1) is 17.2. The van der Waals surface area contributed by atoms with Crippen LogP contribution in [0.4, 0.5) is 0 Å². The molecule has 0 saturated carbocycles. The number of amides is 1. The number of rotatable bonds is 9. The molecular weight excluding hydrogens is 274 g/mol. The average Bonchev–Trinajstić information content (AvgIpc) is 2.89. The lowest BCUT2D eigenvalue weighted by atomic mass is 10.2. The third kappa shape index (κ3) is 7.48. The first-order valence-corrected chi connectivity index (χ1v) is 7.34. The van der Waals surface area contributed by atoms with E-state index >= 15 is 0 Å². The molecule has 0 aromatic heterocycles. The zero-order valence-electron chi connectivity index (χ0n) is 12.5. The molecule has 0 aromatic carbocycles. The Morgan fingerprint density at radius 3 is 2.52 bits per heavy atom. The highest BCUT2D eigenvalue weighted by atomic mass is 16.5. The highest BCUT2D eigenvalue weighted by Gasteiger charge is 2.18. The molecule has 0 aliphatic carbocycles. The summed E-state index contributed by atoms with van der Waals surface area (Å²) in [6.07, 6.45) is 7.51. The maximum atomic E-state index is 11.4. The van der Waals surface area contributed by atoms with Crippen LogP contribution in [0.5, 0.6) is 0 Å². The van der Waals surface area contributed by atoms with Crippen LogP contribution in [0.2, 0.25) is 0 Å². The normalized spacial score (nSPS) is 14.7. The minimum atomic E-state index is -0.580. The molecule has 0 atom stereocenters. The van der Waals surface area contributed by atoms with Crippen molar-refractivity contribution in [1.29, 1.82) is 0 Å². The number of ether oxygens (including phenoxy) is 2. The van der Waals surface area contributed by atoms with Crippen LogP contribution >= 0.6 is 0 Å². The highest BCUT2D eigenvalue weighted by molar-refractivity contribution is 5.91. The second-order valence-corrected chi connectivity index (χ2v) is 4.92. The van der Waals surface area contributed by atoms with Gasteiger partial charge in [0.1, 0.15) is 0 Å². The van der Waals surface area contributed by atoms with Gasteiger partial charge in [-0.1, -0.05) is 6.42 Å². The molecule has 0 bridgehead atoms. The van der Waals surface area contributed by atoms with Gasteiger partial charge in [0, 0.05) is 31.7 Å². The van der Waals surface area contributed by atoms with Crippen LogP contribution < -0.4 is 0 Å². The zero-order valence-corrected chi connectivity index (χ0v) is 12.5. The smallest absolute Gasteiger partial charge is 0.331 e. The van der Waals surface area contributed by atoms with Gasteiger partial charge in [-0.05, 0) is 25.7 Å². The number of carbonyl (C=O) groups is 3. The van der Waals surface area contributed by atoms with Crippen molar-refractivity contribution in [3.05, 3.63) is 12.2 Å². The third-order valence-electron chi connectivity index (χ3n) is 3.29. The second kappa shape index (κ2) is 9.96. The minimum absolute atomic E-state index is 0.265. The van der Waals surface area contributed by atoms with E-state index in [4.69, 9.17) is 4.74 Å². The molecule has 1 amide bonds. The Morgan fingerprint density at radius 1 is 1.14 bits per heavy atom. The van der Waals surface area contributed by atoms with Gasteiger partial charge in [0.25, 0.3) is 0 Å². The van der Waals surface area contributed by atoms with Gasteiger partial charge in [0.15, 0.2) is 0 Å². The Kier molecular flexibility index (Phi) is 8.16. The summed E-state index contributed by atoms with van der Waals surface area (Å²) < 4.78 is 9.29. The van der Waals surface area contributed by atoms with E-state index in [-0.39, 0.29) is 5.91 Å². The predicted molar refractivity (Wildman–Crippen MR) is 76.4 cm³/mol. The summed E-state index contributed by atoms with van der Waals surface area (Å²) in [6.45, 7) is 2.07. The first-order valence-electron chi connectivity index (χ1n) is 7.34. The van der Waals surface area contributed by atoms with Gasteiger partial charge < -0.3 is 14.4 Å². The Morgan fingerprint density at radius 2 is 1.86 bits per heavy atom. The molecule has 21 heavy (non-hydrogen) atoms. The van der Waals surface area contributed by atoms with Crippen LogP contribution in [0.25, 0.3) is 0 Å². The largest absolute Gasteiger partial charge is 0.466 e. The molecule has 118 valence electrons. The number of methoxy groups -OCH3 is 1. The van der Waals surface area contributed by atoms with Gasteiger partial charge in [-0.3, -0.25) is 4.79 Å². The summed E-state index contributed by atoms with van der Waals surface area (Å²) in [5, 5.41) is 0. The van der Waals surface area contributed by atoms with E-state index in [2.05, 4.69) is 4.74 Å². The fourth-order valence-corrected chi connectivity index (χ4v) is 2.12. The molecule has 1 saturated heterocycles. The Hall–Kier alpha value is -1.85. The first-order chi connectivity index (χ1) is 10.1. The van der Waals surface area contributed by atoms with Crippen molar-refractivity contribution in [3.8, 4) is 0 Å². The number of likely N-dealkylation sites (tertiary alicyclic amines) is 1. The van der Waals surface area contributed by atoms with Gasteiger partial charge in [-0.25, -0.2) is 9.59 Å². The van der Waals surface area contributed by atoms with Crippen molar-refractivity contribution in [2.24, 2.45) is 0 Å². The van der Waals surface area contributed by atoms with Crippen molar-refractivity contribution in [2.45, 2.75) is 38.5 Å². The van der Waals surface area contributed by atoms with Crippen molar-refractivity contribution >= 4 is 17.8 Å². The standard InChI is InChI=1S/C15H23NO5/c1-20-14(18)8-9-15(19)21-12-5-3-2-4-10-16-11-6-7-13(16)17/h8-9H,2-7,10-12H2,1H3. The van der Waals surface area contributed by atoms with Crippen LogP contribution in [-0.4, -0.2) is 49.6 Å². The quantitative estimate of drug-likeness (QED) is 0.366. The summed E-state index contributed by atoms with van der Waals surface area (Å²) in [5.41, 5.74) is 0. The summed E-state index contributed by atoms with van der Waals surface area (Å²) in [4.78, 5) is 35.2. The van der Waals surface area contributed by atoms with Crippen molar-refractivity contribution in [1.82, 2.24) is 4.90 Å². The van der Waals surface area contributed by atoms with Crippen LogP contribution in [0, 0.1) is 0 Å². The van der Waals surface area contributed by atoms with E-state index in [0.29, 0.717) is 13.0 Å². The molecular formula is C15H23NO5. The lowest BCUT2D eigenvalue weighted by Crippen LogP contribution is -2.25. The van der Waals surface area contributed by atoms with Crippen LogP contribution in [0.1, 0.15) is 38.5 Å². The molecule has 1 aliphatic rings. The number of unbranched alkanes of at least 4 members (excludes halogenated alkanes) is 3. The van der Waals surface area contributed by atoms with E-state index in [1.165, 1.54) is 7.11 Å². The molecule has 0 aromatic rings. The Bertz CT molecular complexity index is 392. The molecule has 1 heterocycles. The number of hydrogen-bond donors (Lipinski definition) is 0. The van der Waals surface area contributed by atoms with Gasteiger partial charge in [0.2, 0.25) is 5.91 Å². The van der Waals surface area contributed by atoms with Gasteiger partial charge >= 0.3 is 11.9 Å². The number of esters is 2. The van der Waals surface area contributed by atoms with Crippen molar-refractivity contribution < 1.29 is 23.9 Å². The van der Waals surface area contributed by atoms with E-state index in [1.54, 1.807) is 0 Å². The maximum Gasteiger partial charge on any atom is 0.331 e. The molecule has 6 nitrogen and oxygen atoms in total. The molecule has 1 rings (SSSR count). The number of nitrogens with zero attached hydrogens (tertiary/aromatic N) is 1. The number of carbonyl (C=O) groups excluding carboxylic acids is 3. The third-order valence-corrected chi connectivity index (χ3v) is 3.29. The fourth-order valence-electron chi connectivity index (χ4n) is 2.12.